The molecule has 0 spiro atoms. The van der Waals surface area contributed by atoms with E-state index in [2.05, 4.69) is 11.1 Å². The molecule has 1 aliphatic rings. The number of carbonyl (C=O) groups is 1. The fourth-order valence-electron chi connectivity index (χ4n) is 2.53. The third kappa shape index (κ3) is 2.06. The third-order valence-corrected chi connectivity index (χ3v) is 4.91. The number of thiazole rings is 1. The number of para-hydroxylation sites is 1. The lowest BCUT2D eigenvalue weighted by Gasteiger charge is -2.36. The maximum absolute atomic E-state index is 12.4. The van der Waals surface area contributed by atoms with Crippen LogP contribution in [0.15, 0.2) is 24.3 Å². The van der Waals surface area contributed by atoms with Gasteiger partial charge in [-0.25, -0.2) is 4.98 Å². The van der Waals surface area contributed by atoms with Crippen LogP contribution in [-0.4, -0.2) is 22.8 Å². The molecule has 0 radical (unpaired) electrons. The molecule has 1 saturated carbocycles. The van der Waals surface area contributed by atoms with E-state index in [1.54, 1.807) is 23.3 Å². The molecule has 0 atom stereocenters. The summed E-state index contributed by atoms with van der Waals surface area (Å²) in [6.45, 7) is 0.474. The molecule has 2 aromatic rings. The topological polar surface area (TPSA) is 57.0 Å². The summed E-state index contributed by atoms with van der Waals surface area (Å²) in [5.41, 5.74) is 0.192. The second kappa shape index (κ2) is 4.88. The maximum Gasteiger partial charge on any atom is 0.243 e. The standard InChI is InChI=1S/C15H15N3OS/c1-18(14(19)15(10-16)7-4-8-15)9-13-17-11-5-2-3-6-12(11)20-13/h2-3,5-6H,4,7-9H2,1H3. The molecule has 1 aromatic heterocycles. The van der Waals surface area contributed by atoms with Gasteiger partial charge in [0.25, 0.3) is 0 Å². The van der Waals surface area contributed by atoms with Gasteiger partial charge in [0.2, 0.25) is 5.91 Å². The second-order valence-electron chi connectivity index (χ2n) is 5.28. The fourth-order valence-corrected chi connectivity index (χ4v) is 3.55. The normalized spacial score (nSPS) is 16.4. The number of hydrogen-bond donors (Lipinski definition) is 0. The van der Waals surface area contributed by atoms with Crippen LogP contribution in [0.4, 0.5) is 0 Å². The average molecular weight is 285 g/mol. The van der Waals surface area contributed by atoms with Gasteiger partial charge < -0.3 is 4.90 Å². The Morgan fingerprint density at radius 1 is 1.50 bits per heavy atom. The number of carbonyl (C=O) groups excluding carboxylic acids is 1. The van der Waals surface area contributed by atoms with E-state index >= 15 is 0 Å². The van der Waals surface area contributed by atoms with Gasteiger partial charge in [-0.15, -0.1) is 11.3 Å². The molecule has 0 saturated heterocycles. The fraction of sp³-hybridized carbons (Fsp3) is 0.400. The number of rotatable bonds is 3. The Morgan fingerprint density at radius 2 is 2.25 bits per heavy atom. The molecular formula is C15H15N3OS. The number of nitrogens with zero attached hydrogens (tertiary/aromatic N) is 3. The molecule has 3 rings (SSSR count). The smallest absolute Gasteiger partial charge is 0.243 e. The zero-order valence-electron chi connectivity index (χ0n) is 11.3. The number of nitriles is 1. The van der Waals surface area contributed by atoms with E-state index in [-0.39, 0.29) is 5.91 Å². The van der Waals surface area contributed by atoms with Crippen molar-refractivity contribution in [2.75, 3.05) is 7.05 Å². The van der Waals surface area contributed by atoms with E-state index in [9.17, 15) is 10.1 Å². The van der Waals surface area contributed by atoms with Crippen LogP contribution in [-0.2, 0) is 11.3 Å². The SMILES string of the molecule is CN(Cc1nc2ccccc2s1)C(=O)C1(C#N)CCC1. The first-order valence-corrected chi connectivity index (χ1v) is 7.47. The summed E-state index contributed by atoms with van der Waals surface area (Å²) >= 11 is 1.60. The predicted molar refractivity (Wildman–Crippen MR) is 78.0 cm³/mol. The zero-order valence-corrected chi connectivity index (χ0v) is 12.1. The Morgan fingerprint density at radius 3 is 2.85 bits per heavy atom. The Balaban J connectivity index is 1.77. The van der Waals surface area contributed by atoms with Crippen LogP contribution in [0.1, 0.15) is 24.3 Å². The molecule has 102 valence electrons. The Labute approximate surface area is 121 Å². The molecule has 1 amide bonds. The van der Waals surface area contributed by atoms with Gasteiger partial charge in [0, 0.05) is 7.05 Å². The number of aromatic nitrogens is 1. The number of fused-ring (bicyclic) bond motifs is 1. The van der Waals surface area contributed by atoms with Crippen molar-refractivity contribution in [3.05, 3.63) is 29.3 Å². The van der Waals surface area contributed by atoms with Crippen LogP contribution >= 0.6 is 11.3 Å². The lowest BCUT2D eigenvalue weighted by Crippen LogP contribution is -2.45. The highest BCUT2D eigenvalue weighted by molar-refractivity contribution is 7.18. The van der Waals surface area contributed by atoms with Crippen molar-refractivity contribution >= 4 is 27.5 Å². The molecule has 1 fully saturated rings. The molecule has 1 heterocycles. The Hall–Kier alpha value is -1.93. The maximum atomic E-state index is 12.4. The van der Waals surface area contributed by atoms with Crippen molar-refractivity contribution in [1.29, 1.82) is 5.26 Å². The first-order valence-electron chi connectivity index (χ1n) is 6.66. The van der Waals surface area contributed by atoms with E-state index < -0.39 is 5.41 Å². The molecule has 0 aliphatic heterocycles. The van der Waals surface area contributed by atoms with Crippen LogP contribution in [0.3, 0.4) is 0 Å². The molecule has 5 heteroatoms. The summed E-state index contributed by atoms with van der Waals surface area (Å²) in [6.07, 6.45) is 2.34. The van der Waals surface area contributed by atoms with Gasteiger partial charge in [-0.1, -0.05) is 12.1 Å². The molecule has 4 nitrogen and oxygen atoms in total. The van der Waals surface area contributed by atoms with Gasteiger partial charge in [-0.05, 0) is 31.4 Å². The van der Waals surface area contributed by atoms with Crippen molar-refractivity contribution in [1.82, 2.24) is 9.88 Å². The van der Waals surface area contributed by atoms with E-state index in [0.29, 0.717) is 19.4 Å². The van der Waals surface area contributed by atoms with Crippen molar-refractivity contribution in [3.8, 4) is 6.07 Å². The number of amides is 1. The highest BCUT2D eigenvalue weighted by atomic mass is 32.1. The summed E-state index contributed by atoms with van der Waals surface area (Å²) in [5.74, 6) is -0.0643. The van der Waals surface area contributed by atoms with Gasteiger partial charge >= 0.3 is 0 Å². The highest BCUT2D eigenvalue weighted by Gasteiger charge is 2.46. The van der Waals surface area contributed by atoms with Gasteiger partial charge in [-0.3, -0.25) is 4.79 Å². The molecule has 1 aliphatic carbocycles. The van der Waals surface area contributed by atoms with E-state index in [0.717, 1.165) is 21.6 Å². The monoisotopic (exact) mass is 285 g/mol. The lowest BCUT2D eigenvalue weighted by atomic mass is 9.69. The van der Waals surface area contributed by atoms with Gasteiger partial charge in [0.1, 0.15) is 10.4 Å². The Bertz CT molecular complexity index is 663. The Kier molecular flexibility index (Phi) is 3.19. The van der Waals surface area contributed by atoms with E-state index in [4.69, 9.17) is 0 Å². The summed E-state index contributed by atoms with van der Waals surface area (Å²) < 4.78 is 1.13. The quantitative estimate of drug-likeness (QED) is 0.871. The van der Waals surface area contributed by atoms with E-state index in [1.165, 1.54) is 0 Å². The first kappa shape index (κ1) is 13.1. The van der Waals surface area contributed by atoms with Crippen molar-refractivity contribution in [2.45, 2.75) is 25.8 Å². The number of benzene rings is 1. The molecule has 0 bridgehead atoms. The van der Waals surface area contributed by atoms with Gasteiger partial charge in [0.15, 0.2) is 0 Å². The largest absolute Gasteiger partial charge is 0.338 e. The van der Waals surface area contributed by atoms with Crippen LogP contribution < -0.4 is 0 Å². The second-order valence-corrected chi connectivity index (χ2v) is 6.40. The summed E-state index contributed by atoms with van der Waals surface area (Å²) in [7, 11) is 1.76. The summed E-state index contributed by atoms with van der Waals surface area (Å²) in [4.78, 5) is 18.5. The lowest BCUT2D eigenvalue weighted by molar-refractivity contribution is -0.142. The van der Waals surface area contributed by atoms with E-state index in [1.807, 2.05) is 24.3 Å². The van der Waals surface area contributed by atoms with Gasteiger partial charge in [0.05, 0.1) is 22.8 Å². The van der Waals surface area contributed by atoms with Crippen molar-refractivity contribution in [3.63, 3.8) is 0 Å². The van der Waals surface area contributed by atoms with Crippen LogP contribution in [0.2, 0.25) is 0 Å². The highest BCUT2D eigenvalue weighted by Crippen LogP contribution is 2.41. The minimum Gasteiger partial charge on any atom is -0.338 e. The minimum atomic E-state index is -0.772. The third-order valence-electron chi connectivity index (χ3n) is 3.89. The first-order chi connectivity index (χ1) is 9.64. The molecule has 1 aromatic carbocycles. The average Bonchev–Trinajstić information content (AvgIpc) is 2.80. The molecule has 20 heavy (non-hydrogen) atoms. The van der Waals surface area contributed by atoms with Crippen molar-refractivity contribution in [2.24, 2.45) is 5.41 Å². The zero-order chi connectivity index (χ0) is 14.2. The molecule has 0 unspecified atom stereocenters. The minimum absolute atomic E-state index is 0.0643. The summed E-state index contributed by atoms with van der Waals surface area (Å²) in [5, 5.41) is 10.1. The van der Waals surface area contributed by atoms with Crippen LogP contribution in [0, 0.1) is 16.7 Å². The predicted octanol–water partition coefficient (Wildman–Crippen LogP) is 2.95. The molecular weight excluding hydrogens is 270 g/mol. The van der Waals surface area contributed by atoms with Crippen molar-refractivity contribution < 1.29 is 4.79 Å². The summed E-state index contributed by atoms with van der Waals surface area (Å²) in [6, 6.07) is 10.1. The van der Waals surface area contributed by atoms with Gasteiger partial charge in [-0.2, -0.15) is 5.26 Å². The number of hydrogen-bond acceptors (Lipinski definition) is 4. The molecule has 0 N–H and O–H groups in total. The van der Waals surface area contributed by atoms with Crippen LogP contribution in [0.25, 0.3) is 10.2 Å². The van der Waals surface area contributed by atoms with Crippen LogP contribution in [0.5, 0.6) is 0 Å².